The molecule has 0 radical (unpaired) electrons. The van der Waals surface area contributed by atoms with Crippen molar-refractivity contribution in [3.05, 3.63) is 11.4 Å². The van der Waals surface area contributed by atoms with E-state index >= 15 is 0 Å². The van der Waals surface area contributed by atoms with Crippen molar-refractivity contribution in [1.29, 1.82) is 0 Å². The molecule has 130 valence electrons. The number of sulfone groups is 1. The topological polar surface area (TPSA) is 108 Å². The molecule has 2 rings (SSSR count). The minimum absolute atomic E-state index is 0.0121. The van der Waals surface area contributed by atoms with Gasteiger partial charge in [0.25, 0.3) is 5.91 Å². The van der Waals surface area contributed by atoms with E-state index in [2.05, 4.69) is 32.6 Å². The summed E-state index contributed by atoms with van der Waals surface area (Å²) in [7, 11) is -2.97. The van der Waals surface area contributed by atoms with Crippen molar-refractivity contribution in [2.45, 2.75) is 32.7 Å². The van der Waals surface area contributed by atoms with E-state index in [9.17, 15) is 13.2 Å². The summed E-state index contributed by atoms with van der Waals surface area (Å²) in [5.41, 5.74) is 0.885. The maximum absolute atomic E-state index is 12.3. The predicted octanol–water partition coefficient (Wildman–Crippen LogP) is -0.0120. The van der Waals surface area contributed by atoms with Gasteiger partial charge in [0, 0.05) is 31.9 Å². The average molecular weight is 343 g/mol. The van der Waals surface area contributed by atoms with E-state index in [4.69, 9.17) is 0 Å². The molecule has 0 bridgehead atoms. The molecule has 0 aliphatic carbocycles. The van der Waals surface area contributed by atoms with Crippen LogP contribution in [0, 0.1) is 12.8 Å². The maximum atomic E-state index is 12.3. The van der Waals surface area contributed by atoms with Gasteiger partial charge < -0.3 is 5.32 Å². The van der Waals surface area contributed by atoms with E-state index in [0.717, 1.165) is 19.4 Å². The molecular formula is C14H25N5O3S. The van der Waals surface area contributed by atoms with Crippen molar-refractivity contribution in [2.24, 2.45) is 5.92 Å². The number of H-pyrrole nitrogens is 1. The molecular weight excluding hydrogens is 318 g/mol. The van der Waals surface area contributed by atoms with E-state index in [-0.39, 0.29) is 17.7 Å². The minimum Gasteiger partial charge on any atom is -0.346 e. The van der Waals surface area contributed by atoms with Gasteiger partial charge in [-0.15, -0.1) is 0 Å². The zero-order valence-corrected chi connectivity index (χ0v) is 14.7. The van der Waals surface area contributed by atoms with Crippen LogP contribution in [-0.2, 0) is 9.84 Å². The molecule has 0 aromatic carbocycles. The number of rotatable bonds is 7. The molecule has 1 aliphatic rings. The Labute approximate surface area is 136 Å². The highest BCUT2D eigenvalue weighted by atomic mass is 32.2. The zero-order valence-electron chi connectivity index (χ0n) is 13.9. The normalized spacial score (nSPS) is 22.4. The van der Waals surface area contributed by atoms with Crippen molar-refractivity contribution in [1.82, 2.24) is 25.6 Å². The van der Waals surface area contributed by atoms with Gasteiger partial charge in [-0.3, -0.25) is 9.69 Å². The van der Waals surface area contributed by atoms with Gasteiger partial charge in [-0.05, 0) is 19.3 Å². The molecule has 23 heavy (non-hydrogen) atoms. The SMILES string of the molecule is CCC[C@H]1CN(CCS(C)(=O)=O)C[C@@H]1NC(=O)c1n[nH]nc1C. The highest BCUT2D eigenvalue weighted by Crippen LogP contribution is 2.22. The van der Waals surface area contributed by atoms with E-state index < -0.39 is 9.84 Å². The largest absolute Gasteiger partial charge is 0.346 e. The molecule has 1 amide bonds. The molecule has 2 atom stereocenters. The Balaban J connectivity index is 1.98. The van der Waals surface area contributed by atoms with Crippen molar-refractivity contribution in [3.63, 3.8) is 0 Å². The van der Waals surface area contributed by atoms with E-state index in [1.165, 1.54) is 6.26 Å². The number of aromatic amines is 1. The summed E-state index contributed by atoms with van der Waals surface area (Å²) < 4.78 is 22.7. The second kappa shape index (κ2) is 7.39. The Morgan fingerprint density at radius 3 is 2.70 bits per heavy atom. The second-order valence-corrected chi connectivity index (χ2v) is 8.54. The molecule has 1 fully saturated rings. The molecule has 2 heterocycles. The van der Waals surface area contributed by atoms with Gasteiger partial charge in [-0.25, -0.2) is 8.42 Å². The molecule has 1 saturated heterocycles. The summed E-state index contributed by atoms with van der Waals surface area (Å²) in [5.74, 6) is 0.248. The van der Waals surface area contributed by atoms with Gasteiger partial charge in [-0.1, -0.05) is 13.3 Å². The second-order valence-electron chi connectivity index (χ2n) is 6.28. The molecule has 1 aromatic rings. The Kier molecular flexibility index (Phi) is 5.74. The Morgan fingerprint density at radius 2 is 2.13 bits per heavy atom. The fourth-order valence-electron chi connectivity index (χ4n) is 3.00. The number of hydrogen-bond acceptors (Lipinski definition) is 6. The average Bonchev–Trinajstić information content (AvgIpc) is 3.03. The number of amides is 1. The van der Waals surface area contributed by atoms with E-state index in [1.807, 2.05) is 0 Å². The lowest BCUT2D eigenvalue weighted by Gasteiger charge is -2.18. The first-order valence-electron chi connectivity index (χ1n) is 7.88. The maximum Gasteiger partial charge on any atom is 0.274 e. The van der Waals surface area contributed by atoms with Crippen molar-refractivity contribution < 1.29 is 13.2 Å². The van der Waals surface area contributed by atoms with Crippen LogP contribution < -0.4 is 5.32 Å². The Bertz CT molecular complexity index is 643. The first kappa shape index (κ1) is 17.9. The van der Waals surface area contributed by atoms with E-state index in [1.54, 1.807) is 6.92 Å². The lowest BCUT2D eigenvalue weighted by Crippen LogP contribution is -2.41. The van der Waals surface area contributed by atoms with Crippen molar-refractivity contribution in [2.75, 3.05) is 31.6 Å². The number of hydrogen-bond donors (Lipinski definition) is 2. The van der Waals surface area contributed by atoms with Crippen molar-refractivity contribution in [3.8, 4) is 0 Å². The van der Waals surface area contributed by atoms with Gasteiger partial charge in [-0.2, -0.15) is 15.4 Å². The lowest BCUT2D eigenvalue weighted by molar-refractivity contribution is 0.0923. The summed E-state index contributed by atoms with van der Waals surface area (Å²) in [6.45, 7) is 5.83. The summed E-state index contributed by atoms with van der Waals surface area (Å²) in [5, 5.41) is 13.2. The van der Waals surface area contributed by atoms with E-state index in [0.29, 0.717) is 30.4 Å². The van der Waals surface area contributed by atoms with Crippen LogP contribution in [0.4, 0.5) is 0 Å². The molecule has 9 heteroatoms. The highest BCUT2D eigenvalue weighted by Gasteiger charge is 2.34. The number of nitrogens with one attached hydrogen (secondary N) is 2. The monoisotopic (exact) mass is 343 g/mol. The standard InChI is InChI=1S/C14H25N5O3S/c1-4-5-11-8-19(6-7-23(3,21)22)9-12(11)15-14(20)13-10(2)16-18-17-13/h11-12H,4-9H2,1-3H3,(H,15,20)(H,16,17,18)/t11-,12-/m0/s1. The Hall–Kier alpha value is -1.48. The van der Waals surface area contributed by atoms with Gasteiger partial charge in [0.15, 0.2) is 5.69 Å². The van der Waals surface area contributed by atoms with Crippen LogP contribution in [0.2, 0.25) is 0 Å². The van der Waals surface area contributed by atoms with Crippen LogP contribution in [0.15, 0.2) is 0 Å². The zero-order chi connectivity index (χ0) is 17.0. The van der Waals surface area contributed by atoms with Gasteiger partial charge >= 0.3 is 0 Å². The third-order valence-electron chi connectivity index (χ3n) is 4.21. The van der Waals surface area contributed by atoms with Crippen LogP contribution >= 0.6 is 0 Å². The first-order chi connectivity index (χ1) is 10.8. The van der Waals surface area contributed by atoms with Gasteiger partial charge in [0.2, 0.25) is 0 Å². The molecule has 0 spiro atoms. The van der Waals surface area contributed by atoms with Crippen LogP contribution in [-0.4, -0.2) is 72.3 Å². The predicted molar refractivity (Wildman–Crippen MR) is 86.9 cm³/mol. The van der Waals surface area contributed by atoms with Crippen LogP contribution in [0.5, 0.6) is 0 Å². The highest BCUT2D eigenvalue weighted by molar-refractivity contribution is 7.90. The molecule has 0 saturated carbocycles. The fraction of sp³-hybridized carbons (Fsp3) is 0.786. The summed E-state index contributed by atoms with van der Waals surface area (Å²) in [4.78, 5) is 14.4. The smallest absolute Gasteiger partial charge is 0.274 e. The fourth-order valence-corrected chi connectivity index (χ4v) is 3.59. The third kappa shape index (κ3) is 5.00. The number of carbonyl (C=O) groups is 1. The molecule has 1 aromatic heterocycles. The van der Waals surface area contributed by atoms with Crippen LogP contribution in [0.3, 0.4) is 0 Å². The lowest BCUT2D eigenvalue weighted by atomic mass is 9.98. The number of aromatic nitrogens is 3. The van der Waals surface area contributed by atoms with Crippen molar-refractivity contribution >= 4 is 15.7 Å². The third-order valence-corrected chi connectivity index (χ3v) is 5.13. The summed E-state index contributed by atoms with van der Waals surface area (Å²) in [6, 6.07) is 0.0121. The van der Waals surface area contributed by atoms with Gasteiger partial charge in [0.1, 0.15) is 9.84 Å². The number of likely N-dealkylation sites (tertiary alicyclic amines) is 1. The molecule has 2 N–H and O–H groups in total. The molecule has 8 nitrogen and oxygen atoms in total. The summed E-state index contributed by atoms with van der Waals surface area (Å²) >= 11 is 0. The minimum atomic E-state index is -2.97. The Morgan fingerprint density at radius 1 is 1.39 bits per heavy atom. The van der Waals surface area contributed by atoms with Crippen LogP contribution in [0.1, 0.15) is 35.9 Å². The van der Waals surface area contributed by atoms with Gasteiger partial charge in [0.05, 0.1) is 11.4 Å². The quantitative estimate of drug-likeness (QED) is 0.721. The summed E-state index contributed by atoms with van der Waals surface area (Å²) in [6.07, 6.45) is 3.28. The number of aryl methyl sites for hydroxylation is 1. The first-order valence-corrected chi connectivity index (χ1v) is 9.94. The van der Waals surface area contributed by atoms with Crippen LogP contribution in [0.25, 0.3) is 0 Å². The number of nitrogens with zero attached hydrogens (tertiary/aromatic N) is 3. The molecule has 0 unspecified atom stereocenters. The molecule has 1 aliphatic heterocycles. The number of carbonyl (C=O) groups excluding carboxylic acids is 1.